The van der Waals surface area contributed by atoms with Crippen LogP contribution in [0.1, 0.15) is 40.7 Å². The average molecular weight is 271 g/mol. The van der Waals surface area contributed by atoms with Gasteiger partial charge in [-0.3, -0.25) is 4.79 Å². The minimum atomic E-state index is -0.149. The Bertz CT molecular complexity index is 550. The van der Waals surface area contributed by atoms with Gasteiger partial charge in [-0.15, -0.1) is 0 Å². The first-order valence-electron chi connectivity index (χ1n) is 7.07. The molecule has 1 aliphatic rings. The van der Waals surface area contributed by atoms with Crippen LogP contribution >= 0.6 is 0 Å². The van der Waals surface area contributed by atoms with Gasteiger partial charge in [0.1, 0.15) is 6.61 Å². The second kappa shape index (κ2) is 6.58. The van der Waals surface area contributed by atoms with Crippen molar-refractivity contribution in [3.63, 3.8) is 0 Å². The monoisotopic (exact) mass is 271 g/mol. The van der Waals surface area contributed by atoms with Crippen LogP contribution in [-0.4, -0.2) is 36.1 Å². The van der Waals surface area contributed by atoms with Gasteiger partial charge in [0, 0.05) is 24.7 Å². The van der Waals surface area contributed by atoms with Gasteiger partial charge in [-0.2, -0.15) is 0 Å². The highest BCUT2D eigenvalue weighted by Crippen LogP contribution is 2.27. The van der Waals surface area contributed by atoms with Crippen molar-refractivity contribution in [2.24, 2.45) is 5.92 Å². The van der Waals surface area contributed by atoms with Crippen molar-refractivity contribution in [3.8, 4) is 11.8 Å². The molecule has 1 saturated carbocycles. The van der Waals surface area contributed by atoms with Gasteiger partial charge in [-0.05, 0) is 49.4 Å². The number of aliphatic hydroxyl groups is 1. The Kier molecular flexibility index (Phi) is 4.81. The van der Waals surface area contributed by atoms with Crippen LogP contribution in [-0.2, 0) is 0 Å². The molecule has 3 nitrogen and oxygen atoms in total. The van der Waals surface area contributed by atoms with E-state index in [1.54, 1.807) is 0 Å². The first kappa shape index (κ1) is 14.6. The summed E-state index contributed by atoms with van der Waals surface area (Å²) in [5.41, 5.74) is 2.53. The van der Waals surface area contributed by atoms with Gasteiger partial charge in [0.05, 0.1) is 0 Å². The second-order valence-electron chi connectivity index (χ2n) is 5.47. The third-order valence-electron chi connectivity index (χ3n) is 3.88. The SMILES string of the molecule is Cc1cc(C(=O)N(C)CC2CCC2)ccc1C#CCO. The smallest absolute Gasteiger partial charge is 0.253 e. The number of aryl methyl sites for hydroxylation is 1. The molecule has 0 aliphatic heterocycles. The maximum absolute atomic E-state index is 12.3. The van der Waals surface area contributed by atoms with Crippen LogP contribution in [0.2, 0.25) is 0 Å². The molecule has 20 heavy (non-hydrogen) atoms. The van der Waals surface area contributed by atoms with E-state index in [9.17, 15) is 4.79 Å². The fourth-order valence-corrected chi connectivity index (χ4v) is 2.44. The molecule has 1 aromatic carbocycles. The number of benzene rings is 1. The molecular formula is C17H21NO2. The molecule has 0 bridgehead atoms. The van der Waals surface area contributed by atoms with Crippen molar-refractivity contribution < 1.29 is 9.90 Å². The van der Waals surface area contributed by atoms with E-state index in [2.05, 4.69) is 11.8 Å². The van der Waals surface area contributed by atoms with Crippen LogP contribution in [0.5, 0.6) is 0 Å². The van der Waals surface area contributed by atoms with E-state index in [4.69, 9.17) is 5.11 Å². The number of carbonyl (C=O) groups excluding carboxylic acids is 1. The van der Waals surface area contributed by atoms with E-state index in [0.29, 0.717) is 11.5 Å². The van der Waals surface area contributed by atoms with Gasteiger partial charge in [0.25, 0.3) is 5.91 Å². The predicted molar refractivity (Wildman–Crippen MR) is 79.4 cm³/mol. The Morgan fingerprint density at radius 2 is 2.20 bits per heavy atom. The maximum atomic E-state index is 12.3. The van der Waals surface area contributed by atoms with Gasteiger partial charge < -0.3 is 10.0 Å². The third-order valence-corrected chi connectivity index (χ3v) is 3.88. The van der Waals surface area contributed by atoms with Crippen LogP contribution in [0, 0.1) is 24.7 Å². The molecule has 0 radical (unpaired) electrons. The molecular weight excluding hydrogens is 250 g/mol. The molecule has 1 amide bonds. The number of hydrogen-bond donors (Lipinski definition) is 1. The van der Waals surface area contributed by atoms with E-state index < -0.39 is 0 Å². The summed E-state index contributed by atoms with van der Waals surface area (Å²) in [7, 11) is 1.87. The molecule has 0 atom stereocenters. The second-order valence-corrected chi connectivity index (χ2v) is 5.47. The van der Waals surface area contributed by atoms with Crippen LogP contribution in [0.25, 0.3) is 0 Å². The van der Waals surface area contributed by atoms with Crippen molar-refractivity contribution in [2.75, 3.05) is 20.2 Å². The van der Waals surface area contributed by atoms with E-state index >= 15 is 0 Å². The maximum Gasteiger partial charge on any atom is 0.253 e. The van der Waals surface area contributed by atoms with Crippen molar-refractivity contribution in [2.45, 2.75) is 26.2 Å². The van der Waals surface area contributed by atoms with Gasteiger partial charge in [0.15, 0.2) is 0 Å². The largest absolute Gasteiger partial charge is 0.384 e. The summed E-state index contributed by atoms with van der Waals surface area (Å²) >= 11 is 0. The zero-order chi connectivity index (χ0) is 14.5. The summed E-state index contributed by atoms with van der Waals surface area (Å²) in [5, 5.41) is 8.71. The lowest BCUT2D eigenvalue weighted by molar-refractivity contribution is 0.0745. The zero-order valence-electron chi connectivity index (χ0n) is 12.1. The Morgan fingerprint density at radius 3 is 2.75 bits per heavy atom. The Morgan fingerprint density at radius 1 is 1.45 bits per heavy atom. The third kappa shape index (κ3) is 3.40. The summed E-state index contributed by atoms with van der Waals surface area (Å²) < 4.78 is 0. The minimum Gasteiger partial charge on any atom is -0.384 e. The number of aliphatic hydroxyl groups excluding tert-OH is 1. The van der Waals surface area contributed by atoms with Crippen LogP contribution in [0.4, 0.5) is 0 Å². The molecule has 106 valence electrons. The molecule has 0 saturated heterocycles. The van der Waals surface area contributed by atoms with Gasteiger partial charge >= 0.3 is 0 Å². The fourth-order valence-electron chi connectivity index (χ4n) is 2.44. The number of amides is 1. The summed E-state index contributed by atoms with van der Waals surface area (Å²) in [5.74, 6) is 6.26. The van der Waals surface area contributed by atoms with E-state index in [1.165, 1.54) is 19.3 Å². The number of rotatable bonds is 3. The van der Waals surface area contributed by atoms with Crippen molar-refractivity contribution in [1.82, 2.24) is 4.90 Å². The van der Waals surface area contributed by atoms with Gasteiger partial charge in [-0.1, -0.05) is 18.3 Å². The van der Waals surface area contributed by atoms with E-state index in [1.807, 2.05) is 37.1 Å². The average Bonchev–Trinajstić information content (AvgIpc) is 2.40. The van der Waals surface area contributed by atoms with Gasteiger partial charge in [-0.25, -0.2) is 0 Å². The lowest BCUT2D eigenvalue weighted by Crippen LogP contribution is -2.34. The molecule has 1 aliphatic carbocycles. The highest BCUT2D eigenvalue weighted by molar-refractivity contribution is 5.94. The van der Waals surface area contributed by atoms with Crippen LogP contribution < -0.4 is 0 Å². The first-order chi connectivity index (χ1) is 9.61. The first-order valence-corrected chi connectivity index (χ1v) is 7.07. The molecule has 0 unspecified atom stereocenters. The summed E-state index contributed by atoms with van der Waals surface area (Å²) in [6.07, 6.45) is 3.78. The summed E-state index contributed by atoms with van der Waals surface area (Å²) in [6.45, 7) is 2.64. The Balaban J connectivity index is 2.07. The number of carbonyl (C=O) groups is 1. The Labute approximate surface area is 120 Å². The molecule has 0 heterocycles. The van der Waals surface area contributed by atoms with Crippen molar-refractivity contribution in [3.05, 3.63) is 34.9 Å². The molecule has 0 spiro atoms. The zero-order valence-corrected chi connectivity index (χ0v) is 12.1. The lowest BCUT2D eigenvalue weighted by Gasteiger charge is -2.30. The highest BCUT2D eigenvalue weighted by Gasteiger charge is 2.22. The standard InChI is InChI=1S/C17H21NO2/c1-13-11-16(9-8-15(13)7-4-10-19)17(20)18(2)12-14-5-3-6-14/h8-9,11,14,19H,3,5-6,10,12H2,1-2H3. The fraction of sp³-hybridized carbons (Fsp3) is 0.471. The number of nitrogens with zero attached hydrogens (tertiary/aromatic N) is 1. The van der Waals surface area contributed by atoms with Crippen LogP contribution in [0.15, 0.2) is 18.2 Å². The minimum absolute atomic E-state index is 0.0710. The van der Waals surface area contributed by atoms with Crippen molar-refractivity contribution >= 4 is 5.91 Å². The summed E-state index contributed by atoms with van der Waals surface area (Å²) in [6, 6.07) is 5.54. The molecule has 3 heteroatoms. The van der Waals surface area contributed by atoms with Crippen LogP contribution in [0.3, 0.4) is 0 Å². The quantitative estimate of drug-likeness (QED) is 0.856. The topological polar surface area (TPSA) is 40.5 Å². The predicted octanol–water partition coefficient (Wildman–Crippen LogP) is 2.21. The molecule has 1 fully saturated rings. The molecule has 0 aromatic heterocycles. The number of hydrogen-bond acceptors (Lipinski definition) is 2. The normalized spacial score (nSPS) is 14.2. The molecule has 1 aromatic rings. The Hall–Kier alpha value is -1.79. The van der Waals surface area contributed by atoms with Gasteiger partial charge in [0.2, 0.25) is 0 Å². The van der Waals surface area contributed by atoms with E-state index in [-0.39, 0.29) is 12.5 Å². The summed E-state index contributed by atoms with van der Waals surface area (Å²) in [4.78, 5) is 14.2. The van der Waals surface area contributed by atoms with Crippen molar-refractivity contribution in [1.29, 1.82) is 0 Å². The lowest BCUT2D eigenvalue weighted by atomic mass is 9.85. The highest BCUT2D eigenvalue weighted by atomic mass is 16.2. The molecule has 1 N–H and O–H groups in total. The van der Waals surface area contributed by atoms with E-state index in [0.717, 1.165) is 17.7 Å². The molecule has 2 rings (SSSR count).